The van der Waals surface area contributed by atoms with Crippen molar-refractivity contribution in [3.63, 3.8) is 0 Å². The number of nitrogens with zero attached hydrogens (tertiary/aromatic N) is 3. The second kappa shape index (κ2) is 11.4. The van der Waals surface area contributed by atoms with Gasteiger partial charge in [-0.3, -0.25) is 0 Å². The summed E-state index contributed by atoms with van der Waals surface area (Å²) in [5, 5.41) is 9.78. The Morgan fingerprint density at radius 3 is 1.83 bits per heavy atom. The van der Waals surface area contributed by atoms with Crippen LogP contribution in [0.15, 0.2) is 146 Å². The average molecular weight is 632 g/mol. The van der Waals surface area contributed by atoms with E-state index in [1.54, 1.807) is 6.08 Å². The Balaban J connectivity index is 1.27. The third-order valence-electron chi connectivity index (χ3n) is 9.22. The maximum absolute atomic E-state index is 5.15. The number of aromatic nitrogens is 3. The van der Waals surface area contributed by atoms with E-state index < -0.39 is 0 Å². The molecule has 2 heterocycles. The molecule has 0 N–H and O–H groups in total. The van der Waals surface area contributed by atoms with Crippen molar-refractivity contribution in [2.45, 2.75) is 6.92 Å². The summed E-state index contributed by atoms with van der Waals surface area (Å²) in [5.41, 5.74) is 5.14. The van der Waals surface area contributed by atoms with Crippen LogP contribution in [0.25, 0.3) is 92.7 Å². The Hall–Kier alpha value is -5.97. The molecule has 0 aliphatic carbocycles. The highest BCUT2D eigenvalue weighted by molar-refractivity contribution is 7.25. The molecule has 0 spiro atoms. The number of thiophene rings is 1. The largest absolute Gasteiger partial charge is 0.208 e. The van der Waals surface area contributed by atoms with E-state index in [0.717, 1.165) is 22.3 Å². The number of allylic oxidation sites excluding steroid dienone is 2. The van der Waals surface area contributed by atoms with Crippen LogP contribution in [0, 0.1) is 6.92 Å². The molecule has 2 aromatic heterocycles. The molecule has 0 unspecified atom stereocenters. The van der Waals surface area contributed by atoms with Gasteiger partial charge in [0, 0.05) is 36.9 Å². The van der Waals surface area contributed by atoms with Gasteiger partial charge >= 0.3 is 0 Å². The van der Waals surface area contributed by atoms with Crippen LogP contribution in [-0.4, -0.2) is 15.0 Å². The summed E-state index contributed by atoms with van der Waals surface area (Å²) in [6.07, 6.45) is 5.82. The first-order valence-corrected chi connectivity index (χ1v) is 16.9. The monoisotopic (exact) mass is 631 g/mol. The van der Waals surface area contributed by atoms with Crippen molar-refractivity contribution in [2.75, 3.05) is 0 Å². The fourth-order valence-corrected chi connectivity index (χ4v) is 7.80. The van der Waals surface area contributed by atoms with Crippen LogP contribution < -0.4 is 0 Å². The Kier molecular flexibility index (Phi) is 6.70. The summed E-state index contributed by atoms with van der Waals surface area (Å²) < 4.78 is 2.53. The molecule has 0 atom stereocenters. The lowest BCUT2D eigenvalue weighted by molar-refractivity contribution is 1.07. The molecule has 0 saturated carbocycles. The first kappa shape index (κ1) is 28.3. The van der Waals surface area contributed by atoms with Crippen LogP contribution >= 0.6 is 11.3 Å². The summed E-state index contributed by atoms with van der Waals surface area (Å²) in [6, 6.07) is 45.5. The van der Waals surface area contributed by atoms with Gasteiger partial charge in [0.25, 0.3) is 0 Å². The molecular formula is C44H29N3S. The maximum Gasteiger partial charge on any atom is 0.164 e. The second-order valence-electron chi connectivity index (χ2n) is 12.2. The molecule has 0 saturated heterocycles. The zero-order valence-corrected chi connectivity index (χ0v) is 27.1. The number of hydrogen-bond acceptors (Lipinski definition) is 4. The topological polar surface area (TPSA) is 38.7 Å². The summed E-state index contributed by atoms with van der Waals surface area (Å²) in [6.45, 7) is 5.96. The minimum absolute atomic E-state index is 0.641. The molecule has 0 amide bonds. The van der Waals surface area contributed by atoms with Gasteiger partial charge in [0.15, 0.2) is 17.5 Å². The van der Waals surface area contributed by atoms with Crippen LogP contribution in [0.1, 0.15) is 11.1 Å². The van der Waals surface area contributed by atoms with Crippen molar-refractivity contribution in [1.29, 1.82) is 0 Å². The highest BCUT2D eigenvalue weighted by Crippen LogP contribution is 2.37. The van der Waals surface area contributed by atoms with Gasteiger partial charge in [0.05, 0.1) is 0 Å². The van der Waals surface area contributed by atoms with Crippen LogP contribution in [0.4, 0.5) is 0 Å². The third kappa shape index (κ3) is 4.77. The molecule has 9 rings (SSSR count). The molecular weight excluding hydrogens is 603 g/mol. The molecule has 7 aromatic carbocycles. The van der Waals surface area contributed by atoms with E-state index >= 15 is 0 Å². The van der Waals surface area contributed by atoms with Crippen molar-refractivity contribution in [3.8, 4) is 34.2 Å². The SMILES string of the molecule is C=C/C=C\c1cc(-c2nc(-c3ccc4ccc5c6ccccc6ccc5c4c3)nc(-c3ccc4sc5ccccc5c4c3)n2)ccc1C. The number of aryl methyl sites for hydroxylation is 1. The van der Waals surface area contributed by atoms with E-state index in [1.807, 2.05) is 17.4 Å². The van der Waals surface area contributed by atoms with Crippen molar-refractivity contribution in [1.82, 2.24) is 15.0 Å². The fraction of sp³-hybridized carbons (Fsp3) is 0.0227. The Morgan fingerprint density at radius 1 is 0.500 bits per heavy atom. The van der Waals surface area contributed by atoms with Gasteiger partial charge in [-0.05, 0) is 86.8 Å². The predicted molar refractivity (Wildman–Crippen MR) is 206 cm³/mol. The first-order valence-electron chi connectivity index (χ1n) is 16.1. The van der Waals surface area contributed by atoms with E-state index in [9.17, 15) is 0 Å². The van der Waals surface area contributed by atoms with E-state index in [4.69, 9.17) is 15.0 Å². The summed E-state index contributed by atoms with van der Waals surface area (Å²) >= 11 is 1.81. The van der Waals surface area contributed by atoms with Crippen molar-refractivity contribution >= 4 is 69.9 Å². The Morgan fingerprint density at radius 2 is 1.06 bits per heavy atom. The third-order valence-corrected chi connectivity index (χ3v) is 10.4. The lowest BCUT2D eigenvalue weighted by Crippen LogP contribution is -2.00. The second-order valence-corrected chi connectivity index (χ2v) is 13.2. The highest BCUT2D eigenvalue weighted by atomic mass is 32.1. The summed E-state index contributed by atoms with van der Waals surface area (Å²) in [7, 11) is 0. The van der Waals surface area contributed by atoms with Gasteiger partial charge in [-0.1, -0.05) is 116 Å². The van der Waals surface area contributed by atoms with Crippen LogP contribution in [0.2, 0.25) is 0 Å². The quantitative estimate of drug-likeness (QED) is 0.140. The minimum Gasteiger partial charge on any atom is -0.208 e. The van der Waals surface area contributed by atoms with Gasteiger partial charge < -0.3 is 0 Å². The highest BCUT2D eigenvalue weighted by Gasteiger charge is 2.16. The molecule has 0 fully saturated rings. The molecule has 226 valence electrons. The molecule has 0 aliphatic rings. The zero-order valence-electron chi connectivity index (χ0n) is 26.3. The van der Waals surface area contributed by atoms with Gasteiger partial charge in [-0.2, -0.15) is 0 Å². The Bertz CT molecular complexity index is 2770. The lowest BCUT2D eigenvalue weighted by atomic mass is 9.96. The van der Waals surface area contributed by atoms with Crippen molar-refractivity contribution in [2.24, 2.45) is 0 Å². The van der Waals surface area contributed by atoms with E-state index in [0.29, 0.717) is 17.5 Å². The number of hydrogen-bond donors (Lipinski definition) is 0. The summed E-state index contributed by atoms with van der Waals surface area (Å²) in [5.74, 6) is 1.94. The van der Waals surface area contributed by atoms with E-state index in [2.05, 4.69) is 147 Å². The van der Waals surface area contributed by atoms with Crippen molar-refractivity contribution < 1.29 is 0 Å². The molecule has 4 heteroatoms. The van der Waals surface area contributed by atoms with Gasteiger partial charge in [0.1, 0.15) is 0 Å². The molecule has 0 aliphatic heterocycles. The number of rotatable bonds is 5. The first-order chi connectivity index (χ1) is 23.6. The normalized spacial score (nSPS) is 11.9. The zero-order chi connectivity index (χ0) is 32.2. The lowest BCUT2D eigenvalue weighted by Gasteiger charge is -2.12. The molecule has 0 bridgehead atoms. The molecule has 0 radical (unpaired) electrons. The van der Waals surface area contributed by atoms with Gasteiger partial charge in [0.2, 0.25) is 0 Å². The van der Waals surface area contributed by atoms with Crippen LogP contribution in [0.5, 0.6) is 0 Å². The average Bonchev–Trinajstić information content (AvgIpc) is 3.52. The number of benzene rings is 7. The Labute approximate surface area is 282 Å². The molecule has 9 aromatic rings. The predicted octanol–water partition coefficient (Wildman–Crippen LogP) is 12.2. The van der Waals surface area contributed by atoms with Gasteiger partial charge in [-0.15, -0.1) is 11.3 Å². The van der Waals surface area contributed by atoms with Crippen LogP contribution in [-0.2, 0) is 0 Å². The van der Waals surface area contributed by atoms with E-state index in [1.165, 1.54) is 58.1 Å². The van der Waals surface area contributed by atoms with Crippen LogP contribution in [0.3, 0.4) is 0 Å². The standard InChI is InChI=1S/C44H29N3S/c1-3-4-9-30-24-31(15-14-27(30)2)42-45-43(47-44(46-42)33-20-23-41-39(26-33)37-12-7-8-13-40(37)48-41)32-17-16-29-19-21-35-34-11-6-5-10-28(34)18-22-36(35)38(29)25-32/h3-26H,1H2,2H3/b9-4-. The minimum atomic E-state index is 0.641. The van der Waals surface area contributed by atoms with Crippen molar-refractivity contribution in [3.05, 3.63) is 157 Å². The summed E-state index contributed by atoms with van der Waals surface area (Å²) in [4.78, 5) is 15.4. The smallest absolute Gasteiger partial charge is 0.164 e. The molecule has 48 heavy (non-hydrogen) atoms. The number of fused-ring (bicyclic) bond motifs is 8. The maximum atomic E-state index is 5.15. The van der Waals surface area contributed by atoms with Gasteiger partial charge in [-0.25, -0.2) is 15.0 Å². The fourth-order valence-electron chi connectivity index (χ4n) is 6.72. The van der Waals surface area contributed by atoms with E-state index in [-0.39, 0.29) is 0 Å². The molecule has 3 nitrogen and oxygen atoms in total.